The van der Waals surface area contributed by atoms with E-state index < -0.39 is 10.0 Å². The Balaban J connectivity index is 2.32. The van der Waals surface area contributed by atoms with Crippen LogP contribution < -0.4 is 15.4 Å². The second-order valence-corrected chi connectivity index (χ2v) is 6.98. The summed E-state index contributed by atoms with van der Waals surface area (Å²) in [5, 5.41) is 5.54. The number of urea groups is 1. The Morgan fingerprint density at radius 3 is 2.33 bits per heavy atom. The largest absolute Gasteiger partial charge is 0.338 e. The molecular formula is C14H23N3O3S. The molecule has 1 aromatic carbocycles. The van der Waals surface area contributed by atoms with Crippen LogP contribution in [0.15, 0.2) is 24.3 Å². The maximum Gasteiger partial charge on any atom is 0.314 e. The highest BCUT2D eigenvalue weighted by Crippen LogP contribution is 2.11. The molecule has 0 aliphatic carbocycles. The van der Waals surface area contributed by atoms with Crippen LogP contribution in [0.1, 0.15) is 25.8 Å². The molecule has 0 saturated carbocycles. The standard InChI is InChI=1S/C14H23N3O3S/c1-11(2)16-14(18)15-10-4-5-12-6-8-13(9-7-12)17-21(3,19)20/h6-9,11,17H,4-5,10H2,1-3H3,(H2,15,16,18). The Kier molecular flexibility index (Phi) is 6.48. The van der Waals surface area contributed by atoms with Crippen LogP contribution in [-0.2, 0) is 16.4 Å². The molecule has 7 heteroatoms. The lowest BCUT2D eigenvalue weighted by atomic mass is 10.1. The van der Waals surface area contributed by atoms with E-state index in [1.807, 2.05) is 26.0 Å². The zero-order valence-electron chi connectivity index (χ0n) is 12.6. The van der Waals surface area contributed by atoms with E-state index in [0.717, 1.165) is 24.7 Å². The number of hydrogen-bond donors (Lipinski definition) is 3. The quantitative estimate of drug-likeness (QED) is 0.670. The van der Waals surface area contributed by atoms with Crippen LogP contribution in [0.25, 0.3) is 0 Å². The molecular weight excluding hydrogens is 290 g/mol. The highest BCUT2D eigenvalue weighted by Gasteiger charge is 2.03. The Bertz CT molecular complexity index is 553. The van der Waals surface area contributed by atoms with Crippen molar-refractivity contribution in [3.8, 4) is 0 Å². The fraction of sp³-hybridized carbons (Fsp3) is 0.500. The van der Waals surface area contributed by atoms with Crippen molar-refractivity contribution in [3.63, 3.8) is 0 Å². The van der Waals surface area contributed by atoms with E-state index in [1.54, 1.807) is 12.1 Å². The van der Waals surface area contributed by atoms with Crippen molar-refractivity contribution in [2.24, 2.45) is 0 Å². The number of carbonyl (C=O) groups excluding carboxylic acids is 1. The van der Waals surface area contributed by atoms with Gasteiger partial charge < -0.3 is 10.6 Å². The molecule has 118 valence electrons. The van der Waals surface area contributed by atoms with E-state index in [0.29, 0.717) is 12.2 Å². The van der Waals surface area contributed by atoms with Crippen molar-refractivity contribution >= 4 is 21.7 Å². The second-order valence-electron chi connectivity index (χ2n) is 5.23. The van der Waals surface area contributed by atoms with E-state index >= 15 is 0 Å². The summed E-state index contributed by atoms with van der Waals surface area (Å²) in [6.45, 7) is 4.42. The van der Waals surface area contributed by atoms with Crippen molar-refractivity contribution in [3.05, 3.63) is 29.8 Å². The predicted octanol–water partition coefficient (Wildman–Crippen LogP) is 1.70. The lowest BCUT2D eigenvalue weighted by Crippen LogP contribution is -2.39. The third kappa shape index (κ3) is 8.19. The number of sulfonamides is 1. The molecule has 0 spiro atoms. The third-order valence-corrected chi connectivity index (χ3v) is 3.21. The lowest BCUT2D eigenvalue weighted by Gasteiger charge is -2.10. The molecule has 0 bridgehead atoms. The second kappa shape index (κ2) is 7.87. The average molecular weight is 313 g/mol. The molecule has 0 aliphatic heterocycles. The number of hydrogen-bond acceptors (Lipinski definition) is 3. The molecule has 3 N–H and O–H groups in total. The molecule has 1 rings (SSSR count). The van der Waals surface area contributed by atoms with Gasteiger partial charge in [-0.25, -0.2) is 13.2 Å². The first-order valence-electron chi connectivity index (χ1n) is 6.87. The van der Waals surface area contributed by atoms with Crippen LogP contribution in [0.5, 0.6) is 0 Å². The van der Waals surface area contributed by atoms with Gasteiger partial charge >= 0.3 is 6.03 Å². The summed E-state index contributed by atoms with van der Waals surface area (Å²) in [6, 6.07) is 7.19. The van der Waals surface area contributed by atoms with Crippen LogP contribution >= 0.6 is 0 Å². The van der Waals surface area contributed by atoms with Gasteiger partial charge in [0, 0.05) is 18.3 Å². The summed E-state index contributed by atoms with van der Waals surface area (Å²) in [5.74, 6) is 0. The molecule has 0 aromatic heterocycles. The van der Waals surface area contributed by atoms with E-state index in [4.69, 9.17) is 0 Å². The molecule has 21 heavy (non-hydrogen) atoms. The molecule has 0 aliphatic rings. The predicted molar refractivity (Wildman–Crippen MR) is 84.9 cm³/mol. The maximum absolute atomic E-state index is 11.4. The Morgan fingerprint density at radius 2 is 1.81 bits per heavy atom. The molecule has 0 fully saturated rings. The van der Waals surface area contributed by atoms with Crippen molar-refractivity contribution in [2.45, 2.75) is 32.7 Å². The fourth-order valence-corrected chi connectivity index (χ4v) is 2.33. The average Bonchev–Trinajstić information content (AvgIpc) is 2.34. The first kappa shape index (κ1) is 17.3. The first-order valence-corrected chi connectivity index (χ1v) is 8.76. The number of anilines is 1. The molecule has 0 unspecified atom stereocenters. The van der Waals surface area contributed by atoms with Gasteiger partial charge in [-0.1, -0.05) is 12.1 Å². The van der Waals surface area contributed by atoms with E-state index in [2.05, 4.69) is 15.4 Å². The van der Waals surface area contributed by atoms with Gasteiger partial charge in [-0.05, 0) is 44.4 Å². The summed E-state index contributed by atoms with van der Waals surface area (Å²) in [5.41, 5.74) is 1.65. The minimum absolute atomic E-state index is 0.125. The van der Waals surface area contributed by atoms with Crippen LogP contribution in [-0.4, -0.2) is 33.3 Å². The monoisotopic (exact) mass is 313 g/mol. The summed E-state index contributed by atoms with van der Waals surface area (Å²) < 4.78 is 24.6. The van der Waals surface area contributed by atoms with Crippen molar-refractivity contribution < 1.29 is 13.2 Å². The number of carbonyl (C=O) groups is 1. The lowest BCUT2D eigenvalue weighted by molar-refractivity contribution is 0.238. The van der Waals surface area contributed by atoms with Crippen molar-refractivity contribution in [2.75, 3.05) is 17.5 Å². The topological polar surface area (TPSA) is 87.3 Å². The van der Waals surface area contributed by atoms with Gasteiger partial charge in [0.25, 0.3) is 0 Å². The zero-order valence-corrected chi connectivity index (χ0v) is 13.5. The van der Waals surface area contributed by atoms with Crippen LogP contribution in [0, 0.1) is 0 Å². The van der Waals surface area contributed by atoms with Gasteiger partial charge in [0.1, 0.15) is 0 Å². The summed E-state index contributed by atoms with van der Waals surface area (Å²) in [6.07, 6.45) is 2.76. The maximum atomic E-state index is 11.4. The molecule has 0 saturated heterocycles. The minimum Gasteiger partial charge on any atom is -0.338 e. The Hall–Kier alpha value is -1.76. The van der Waals surface area contributed by atoms with Gasteiger partial charge in [-0.2, -0.15) is 0 Å². The van der Waals surface area contributed by atoms with Gasteiger partial charge in [0.15, 0.2) is 0 Å². The number of rotatable bonds is 7. The van der Waals surface area contributed by atoms with E-state index in [1.165, 1.54) is 0 Å². The smallest absolute Gasteiger partial charge is 0.314 e. The summed E-state index contributed by atoms with van der Waals surface area (Å²) in [7, 11) is -3.23. The fourth-order valence-electron chi connectivity index (χ4n) is 1.76. The molecule has 6 nitrogen and oxygen atoms in total. The SMILES string of the molecule is CC(C)NC(=O)NCCCc1ccc(NS(C)(=O)=O)cc1. The summed E-state index contributed by atoms with van der Waals surface area (Å²) >= 11 is 0. The highest BCUT2D eigenvalue weighted by molar-refractivity contribution is 7.92. The summed E-state index contributed by atoms with van der Waals surface area (Å²) in [4.78, 5) is 11.4. The van der Waals surface area contributed by atoms with E-state index in [9.17, 15) is 13.2 Å². The van der Waals surface area contributed by atoms with Gasteiger partial charge in [0.05, 0.1) is 6.26 Å². The number of aryl methyl sites for hydroxylation is 1. The molecule has 2 amide bonds. The van der Waals surface area contributed by atoms with E-state index in [-0.39, 0.29) is 12.1 Å². The molecule has 0 radical (unpaired) electrons. The number of amides is 2. The Labute approximate surface area is 126 Å². The third-order valence-electron chi connectivity index (χ3n) is 2.60. The molecule has 0 heterocycles. The van der Waals surface area contributed by atoms with Gasteiger partial charge in [-0.3, -0.25) is 4.72 Å². The Morgan fingerprint density at radius 1 is 1.19 bits per heavy atom. The van der Waals surface area contributed by atoms with Gasteiger partial charge in [-0.15, -0.1) is 0 Å². The van der Waals surface area contributed by atoms with Crippen molar-refractivity contribution in [1.29, 1.82) is 0 Å². The van der Waals surface area contributed by atoms with Crippen LogP contribution in [0.3, 0.4) is 0 Å². The van der Waals surface area contributed by atoms with Crippen molar-refractivity contribution in [1.82, 2.24) is 10.6 Å². The number of nitrogens with one attached hydrogen (secondary N) is 3. The minimum atomic E-state index is -3.23. The highest BCUT2D eigenvalue weighted by atomic mass is 32.2. The van der Waals surface area contributed by atoms with Crippen LogP contribution in [0.4, 0.5) is 10.5 Å². The first-order chi connectivity index (χ1) is 9.76. The molecule has 0 atom stereocenters. The molecule has 1 aromatic rings. The normalized spacial score (nSPS) is 11.2. The number of benzene rings is 1. The van der Waals surface area contributed by atoms with Crippen LogP contribution in [0.2, 0.25) is 0 Å². The zero-order chi connectivity index (χ0) is 15.9. The van der Waals surface area contributed by atoms with Gasteiger partial charge in [0.2, 0.25) is 10.0 Å².